The Morgan fingerprint density at radius 2 is 1.76 bits per heavy atom. The van der Waals surface area contributed by atoms with E-state index in [4.69, 9.17) is 0 Å². The number of carbonyl (C=O) groups excluding carboxylic acids is 3. The van der Waals surface area contributed by atoms with Crippen molar-refractivity contribution in [1.29, 1.82) is 0 Å². The third kappa shape index (κ3) is 4.58. The molecule has 0 unspecified atom stereocenters. The maximum atomic E-state index is 12.7. The van der Waals surface area contributed by atoms with Gasteiger partial charge in [-0.2, -0.15) is 0 Å². The monoisotopic (exact) mass is 492 g/mol. The predicted molar refractivity (Wildman–Crippen MR) is 129 cm³/mol. The molecule has 5 rings (SSSR count). The highest BCUT2D eigenvalue weighted by Crippen LogP contribution is 2.30. The third-order valence-corrected chi connectivity index (χ3v) is 8.03. The molecule has 33 heavy (non-hydrogen) atoms. The number of aromatic nitrogens is 2. The quantitative estimate of drug-likeness (QED) is 0.223. The number of hydrogen-bond donors (Lipinski definition) is 1. The zero-order chi connectivity index (χ0) is 22.8. The number of thiophene rings is 1. The van der Waals surface area contributed by atoms with Crippen LogP contribution in [0.5, 0.6) is 0 Å². The Kier molecular flexibility index (Phi) is 6.03. The first kappa shape index (κ1) is 21.5. The van der Waals surface area contributed by atoms with Crippen LogP contribution < -0.4 is 5.32 Å². The Bertz CT molecular complexity index is 1320. The van der Waals surface area contributed by atoms with Crippen molar-refractivity contribution in [1.82, 2.24) is 15.1 Å². The molecule has 7 nitrogen and oxygen atoms in total. The second-order valence-electron chi connectivity index (χ2n) is 7.14. The Morgan fingerprint density at radius 3 is 2.48 bits per heavy atom. The molecule has 0 aliphatic carbocycles. The van der Waals surface area contributed by atoms with Crippen molar-refractivity contribution in [3.8, 4) is 0 Å². The van der Waals surface area contributed by atoms with Crippen LogP contribution in [0.1, 0.15) is 41.5 Å². The molecule has 3 heterocycles. The molecule has 164 valence electrons. The summed E-state index contributed by atoms with van der Waals surface area (Å²) in [5.74, 6) is -0.177. The first-order chi connectivity index (χ1) is 16.1. The molecule has 0 atom stereocenters. The Morgan fingerprint density at radius 1 is 0.970 bits per heavy atom. The summed E-state index contributed by atoms with van der Waals surface area (Å²) in [6.45, 7) is 0.0930. The number of anilines is 1. The number of rotatable bonds is 7. The van der Waals surface area contributed by atoms with Gasteiger partial charge in [0.2, 0.25) is 5.13 Å². The molecular formula is C23H16N4O3S3. The fraction of sp³-hybridized carbons (Fsp3) is 0.0870. The van der Waals surface area contributed by atoms with Crippen LogP contribution in [0.25, 0.3) is 0 Å². The Labute approximate surface area is 201 Å². The summed E-state index contributed by atoms with van der Waals surface area (Å²) < 4.78 is 0.776. The summed E-state index contributed by atoms with van der Waals surface area (Å²) in [5, 5.41) is 13.4. The summed E-state index contributed by atoms with van der Waals surface area (Å²) >= 11 is 4.58. The number of amides is 3. The number of hydrogen-bond acceptors (Lipinski definition) is 8. The van der Waals surface area contributed by atoms with Gasteiger partial charge in [0.05, 0.1) is 17.7 Å². The SMILES string of the molecule is O=C(Nc1nnc(SCc2cccs2)s1)c1cccc(CN2C(=O)c3ccccc3C2=O)c1. The number of nitrogens with zero attached hydrogens (tertiary/aromatic N) is 3. The van der Waals surface area contributed by atoms with Crippen molar-refractivity contribution in [2.75, 3.05) is 5.32 Å². The van der Waals surface area contributed by atoms with Gasteiger partial charge in [0, 0.05) is 16.2 Å². The van der Waals surface area contributed by atoms with Crippen molar-refractivity contribution < 1.29 is 14.4 Å². The van der Waals surface area contributed by atoms with E-state index in [-0.39, 0.29) is 24.3 Å². The number of benzene rings is 2. The highest BCUT2D eigenvalue weighted by atomic mass is 32.2. The van der Waals surface area contributed by atoms with E-state index < -0.39 is 0 Å². The van der Waals surface area contributed by atoms with Crippen LogP contribution in [0.3, 0.4) is 0 Å². The van der Waals surface area contributed by atoms with Gasteiger partial charge in [0.15, 0.2) is 4.34 Å². The minimum atomic E-state index is -0.329. The van der Waals surface area contributed by atoms with Crippen LogP contribution in [-0.2, 0) is 12.3 Å². The second kappa shape index (κ2) is 9.26. The molecule has 1 aliphatic rings. The molecule has 2 aromatic heterocycles. The molecule has 0 spiro atoms. The smallest absolute Gasteiger partial charge is 0.261 e. The molecule has 2 aromatic carbocycles. The van der Waals surface area contributed by atoms with E-state index in [2.05, 4.69) is 21.6 Å². The predicted octanol–water partition coefficient (Wildman–Crippen LogP) is 4.94. The van der Waals surface area contributed by atoms with Crippen LogP contribution >= 0.6 is 34.4 Å². The van der Waals surface area contributed by atoms with E-state index in [1.165, 1.54) is 21.1 Å². The summed E-state index contributed by atoms with van der Waals surface area (Å²) in [4.78, 5) is 40.4. The normalized spacial score (nSPS) is 12.8. The molecule has 0 radical (unpaired) electrons. The fourth-order valence-electron chi connectivity index (χ4n) is 3.39. The minimum Gasteiger partial charge on any atom is -0.296 e. The average Bonchev–Trinajstić information content (AvgIpc) is 3.56. The largest absolute Gasteiger partial charge is 0.296 e. The molecular weight excluding hydrogens is 476 g/mol. The maximum absolute atomic E-state index is 12.7. The van der Waals surface area contributed by atoms with Crippen LogP contribution in [0.4, 0.5) is 5.13 Å². The van der Waals surface area contributed by atoms with Gasteiger partial charge in [0.25, 0.3) is 17.7 Å². The number of fused-ring (bicyclic) bond motifs is 1. The summed E-state index contributed by atoms with van der Waals surface area (Å²) in [5.41, 5.74) is 1.90. The standard InChI is InChI=1S/C23H16N4O3S3/c28-19(24-22-25-26-23(33-22)32-13-16-7-4-10-31-16)15-6-3-5-14(11-15)12-27-20(29)17-8-1-2-9-18(17)21(27)30/h1-11H,12-13H2,(H,24,25,28). The van der Waals surface area contributed by atoms with Gasteiger partial charge in [-0.15, -0.1) is 21.5 Å². The Hall–Kier alpha value is -3.34. The topological polar surface area (TPSA) is 92.3 Å². The van der Waals surface area contributed by atoms with Crippen molar-refractivity contribution >= 4 is 57.3 Å². The van der Waals surface area contributed by atoms with Crippen LogP contribution in [-0.4, -0.2) is 32.8 Å². The van der Waals surface area contributed by atoms with Crippen molar-refractivity contribution in [3.63, 3.8) is 0 Å². The minimum absolute atomic E-state index is 0.0930. The van der Waals surface area contributed by atoms with E-state index in [0.717, 1.165) is 10.1 Å². The molecule has 3 amide bonds. The zero-order valence-corrected chi connectivity index (χ0v) is 19.5. The van der Waals surface area contributed by atoms with E-state index in [9.17, 15) is 14.4 Å². The van der Waals surface area contributed by atoms with Gasteiger partial charge in [-0.3, -0.25) is 24.6 Å². The number of imide groups is 1. The lowest BCUT2D eigenvalue weighted by molar-refractivity contribution is 0.0642. The molecule has 10 heteroatoms. The molecule has 1 aliphatic heterocycles. The van der Waals surface area contributed by atoms with Crippen LogP contribution in [0.15, 0.2) is 70.4 Å². The second-order valence-corrected chi connectivity index (χ2v) is 10.4. The number of nitrogens with one attached hydrogen (secondary N) is 1. The molecule has 1 N–H and O–H groups in total. The lowest BCUT2D eigenvalue weighted by atomic mass is 10.1. The lowest BCUT2D eigenvalue weighted by Crippen LogP contribution is -2.29. The first-order valence-corrected chi connectivity index (χ1v) is 12.6. The van der Waals surface area contributed by atoms with Crippen LogP contribution in [0.2, 0.25) is 0 Å². The van der Waals surface area contributed by atoms with E-state index in [1.54, 1.807) is 71.6 Å². The van der Waals surface area contributed by atoms with Crippen LogP contribution in [0, 0.1) is 0 Å². The van der Waals surface area contributed by atoms with Gasteiger partial charge in [-0.1, -0.05) is 53.4 Å². The number of carbonyl (C=O) groups is 3. The highest BCUT2D eigenvalue weighted by molar-refractivity contribution is 8.00. The van der Waals surface area contributed by atoms with Gasteiger partial charge in [0.1, 0.15) is 0 Å². The maximum Gasteiger partial charge on any atom is 0.261 e. The van der Waals surface area contributed by atoms with E-state index in [0.29, 0.717) is 27.4 Å². The lowest BCUT2D eigenvalue weighted by Gasteiger charge is -2.14. The van der Waals surface area contributed by atoms with Gasteiger partial charge in [-0.25, -0.2) is 0 Å². The fourth-order valence-corrected chi connectivity index (χ4v) is 5.91. The van der Waals surface area contributed by atoms with Gasteiger partial charge in [-0.05, 0) is 41.3 Å². The number of thioether (sulfide) groups is 1. The van der Waals surface area contributed by atoms with E-state index >= 15 is 0 Å². The first-order valence-electron chi connectivity index (χ1n) is 9.93. The van der Waals surface area contributed by atoms with Gasteiger partial charge >= 0.3 is 0 Å². The third-order valence-electron chi connectivity index (χ3n) is 4.95. The summed E-state index contributed by atoms with van der Waals surface area (Å²) in [7, 11) is 0. The van der Waals surface area contributed by atoms with Crippen molar-refractivity contribution in [3.05, 3.63) is 93.2 Å². The van der Waals surface area contributed by atoms with Gasteiger partial charge < -0.3 is 0 Å². The zero-order valence-electron chi connectivity index (χ0n) is 17.1. The molecule has 0 bridgehead atoms. The van der Waals surface area contributed by atoms with E-state index in [1.807, 2.05) is 11.4 Å². The molecule has 0 fully saturated rings. The average molecular weight is 493 g/mol. The molecule has 0 saturated heterocycles. The summed E-state index contributed by atoms with van der Waals surface area (Å²) in [6, 6.07) is 17.7. The van der Waals surface area contributed by atoms with Crippen molar-refractivity contribution in [2.45, 2.75) is 16.6 Å². The molecule has 0 saturated carbocycles. The highest BCUT2D eigenvalue weighted by Gasteiger charge is 2.35. The Balaban J connectivity index is 1.24. The molecule has 4 aromatic rings. The summed E-state index contributed by atoms with van der Waals surface area (Å²) in [6.07, 6.45) is 0. The van der Waals surface area contributed by atoms with Crippen molar-refractivity contribution in [2.24, 2.45) is 0 Å².